The molecule has 0 unspecified atom stereocenters. The number of hydrogen-bond donors (Lipinski definition) is 1. The van der Waals surface area contributed by atoms with Crippen LogP contribution in [0.15, 0.2) is 92.6 Å². The Balaban J connectivity index is 0.000000186. The lowest BCUT2D eigenvalue weighted by Crippen LogP contribution is -2.62. The molecule has 6 saturated carbocycles. The fraction of sp³-hybridized carbons (Fsp3) is 0.682. The number of Topliss-reactive ketones (excluding diaryl/α,β-unsaturated/α-hetero) is 1. The Bertz CT molecular complexity index is 2750. The van der Waals surface area contributed by atoms with Crippen LogP contribution in [0, 0.1) is 66.0 Å². The molecule has 9 nitrogen and oxygen atoms in total. The van der Waals surface area contributed by atoms with Gasteiger partial charge in [0.05, 0.1) is 31.2 Å². The molecule has 9 heteroatoms. The summed E-state index contributed by atoms with van der Waals surface area (Å²) in [5.74, 6) is 1.05. The lowest BCUT2D eigenvalue weighted by Gasteiger charge is -2.70. The molecular weight excluding hydrogens is 937 g/mol. The average molecular weight is 1030 g/mol. The zero-order chi connectivity index (χ0) is 55.5. The van der Waals surface area contributed by atoms with Crippen LogP contribution in [0.4, 0.5) is 0 Å². The number of fused-ring (bicyclic) bond motifs is 14. The number of hydrogen-bond acceptors (Lipinski definition) is 9. The van der Waals surface area contributed by atoms with E-state index in [4.69, 9.17) is 14.2 Å². The summed E-state index contributed by atoms with van der Waals surface area (Å²) in [7, 11) is 1.59. The molecule has 10 rings (SSSR count). The third-order valence-electron chi connectivity index (χ3n) is 23.5. The number of carbonyl (C=O) groups excluding carboxylic acids is 5. The lowest BCUT2D eigenvalue weighted by molar-refractivity contribution is -0.182. The molecule has 75 heavy (non-hydrogen) atoms. The summed E-state index contributed by atoms with van der Waals surface area (Å²) in [6.07, 6.45) is 27.1. The number of ketones is 3. The van der Waals surface area contributed by atoms with Gasteiger partial charge in [-0.1, -0.05) is 90.8 Å². The minimum Gasteiger partial charge on any atom is -0.504 e. The van der Waals surface area contributed by atoms with Crippen LogP contribution in [-0.4, -0.2) is 54.7 Å². The number of aliphatic hydroxyl groups is 1. The van der Waals surface area contributed by atoms with Crippen LogP contribution in [0.5, 0.6) is 0 Å². The van der Waals surface area contributed by atoms with E-state index in [2.05, 4.69) is 93.5 Å². The van der Waals surface area contributed by atoms with Gasteiger partial charge in [-0.05, 0) is 224 Å². The maximum atomic E-state index is 13.1. The number of esters is 2. The van der Waals surface area contributed by atoms with Crippen LogP contribution < -0.4 is 0 Å². The van der Waals surface area contributed by atoms with E-state index in [0.29, 0.717) is 36.4 Å². The minimum absolute atomic E-state index is 0.00214. The first-order chi connectivity index (χ1) is 34.8. The van der Waals surface area contributed by atoms with Crippen molar-refractivity contribution in [3.8, 4) is 0 Å². The third-order valence-corrected chi connectivity index (χ3v) is 23.5. The van der Waals surface area contributed by atoms with Crippen molar-refractivity contribution in [2.75, 3.05) is 20.3 Å². The standard InChI is InChI=1S/C32H44O4.C31H42O4.C3H6O/c1-9-36-27(34)29(4)13-12-28(3)14-16-31(6)24-11-10-21-20(2)26(35-8)23(33)18-22(21)30(24,5)15-17-32(31,7)25(28)19-29;1-8-35-26(34)28(4)12-11-27(3)13-15-30(6)23-10-9-20-19(2)25(33)22(32)17-21(20)29(23,5)14-16-31(30,7)24(27)18-28;1-3(2)4/h10-11,18,25H,9,12-17,19H2,1-8H3;9-10,17,24,33H,8,11-16,18H2,1-7H3;1-2H3/t25-,28-,29-,30+,31-,32+;24-,27-,28-,29+,30-,31+;/m11./s1. The molecule has 0 aromatic rings. The number of aliphatic hydroxyl groups excluding tert-OH is 1. The van der Waals surface area contributed by atoms with Crippen molar-refractivity contribution in [1.82, 2.24) is 0 Å². The van der Waals surface area contributed by atoms with Crippen LogP contribution in [0.25, 0.3) is 0 Å². The summed E-state index contributed by atoms with van der Waals surface area (Å²) >= 11 is 0. The molecule has 0 aromatic carbocycles. The third kappa shape index (κ3) is 8.28. The molecule has 12 atom stereocenters. The van der Waals surface area contributed by atoms with Crippen molar-refractivity contribution in [3.63, 3.8) is 0 Å². The monoisotopic (exact) mass is 1030 g/mol. The van der Waals surface area contributed by atoms with E-state index in [9.17, 15) is 29.1 Å². The molecule has 10 aliphatic rings. The van der Waals surface area contributed by atoms with Gasteiger partial charge in [-0.3, -0.25) is 19.2 Å². The van der Waals surface area contributed by atoms with Crippen molar-refractivity contribution in [2.45, 2.75) is 201 Å². The highest BCUT2D eigenvalue weighted by molar-refractivity contribution is 6.07. The van der Waals surface area contributed by atoms with Gasteiger partial charge in [0.1, 0.15) is 5.78 Å². The molecule has 410 valence electrons. The van der Waals surface area contributed by atoms with E-state index < -0.39 is 10.8 Å². The fourth-order valence-electron chi connectivity index (χ4n) is 18.1. The maximum Gasteiger partial charge on any atom is 0.311 e. The van der Waals surface area contributed by atoms with E-state index in [0.717, 1.165) is 106 Å². The van der Waals surface area contributed by atoms with E-state index in [1.807, 2.05) is 33.8 Å². The summed E-state index contributed by atoms with van der Waals surface area (Å²) in [5.41, 5.74) is 8.31. The smallest absolute Gasteiger partial charge is 0.311 e. The summed E-state index contributed by atoms with van der Waals surface area (Å²) in [5, 5.41) is 10.3. The van der Waals surface area contributed by atoms with Crippen LogP contribution in [0.1, 0.15) is 201 Å². The predicted molar refractivity (Wildman–Crippen MR) is 296 cm³/mol. The van der Waals surface area contributed by atoms with E-state index in [1.165, 1.54) is 37.0 Å². The highest BCUT2D eigenvalue weighted by Crippen LogP contribution is 2.77. The second kappa shape index (κ2) is 18.8. The first kappa shape index (κ1) is 56.7. The minimum atomic E-state index is -0.423. The van der Waals surface area contributed by atoms with Crippen LogP contribution in [0.3, 0.4) is 0 Å². The Hall–Kier alpha value is -4.53. The van der Waals surface area contributed by atoms with Crippen LogP contribution >= 0.6 is 0 Å². The van der Waals surface area contributed by atoms with Gasteiger partial charge < -0.3 is 24.1 Å². The zero-order valence-corrected chi connectivity index (χ0v) is 49.1. The molecule has 0 aromatic heterocycles. The lowest BCUT2D eigenvalue weighted by atomic mass is 9.34. The molecule has 0 heterocycles. The van der Waals surface area contributed by atoms with Gasteiger partial charge in [0.15, 0.2) is 11.5 Å². The number of carbonyl (C=O) groups is 5. The molecular formula is C66H92O9. The van der Waals surface area contributed by atoms with Gasteiger partial charge in [0, 0.05) is 22.0 Å². The van der Waals surface area contributed by atoms with Crippen molar-refractivity contribution in [2.24, 2.45) is 66.0 Å². The largest absolute Gasteiger partial charge is 0.504 e. The molecule has 6 fully saturated rings. The second-order valence-electron chi connectivity index (χ2n) is 27.8. The Morgan fingerprint density at radius 3 is 1.31 bits per heavy atom. The second-order valence-corrected chi connectivity index (χ2v) is 27.8. The topological polar surface area (TPSA) is 133 Å². The molecule has 0 spiro atoms. The van der Waals surface area contributed by atoms with E-state index >= 15 is 0 Å². The van der Waals surface area contributed by atoms with E-state index in [-0.39, 0.29) is 78.4 Å². The van der Waals surface area contributed by atoms with Gasteiger partial charge in [0.25, 0.3) is 0 Å². The van der Waals surface area contributed by atoms with Crippen molar-refractivity contribution in [3.05, 3.63) is 92.6 Å². The van der Waals surface area contributed by atoms with Crippen molar-refractivity contribution in [1.29, 1.82) is 0 Å². The molecule has 0 aliphatic heterocycles. The number of rotatable bonds is 5. The normalized spacial score (nSPS) is 42.2. The van der Waals surface area contributed by atoms with Gasteiger partial charge in [-0.15, -0.1) is 0 Å². The summed E-state index contributed by atoms with van der Waals surface area (Å²) in [6, 6.07) is 0. The highest BCUT2D eigenvalue weighted by atomic mass is 16.5. The number of ether oxygens (including phenoxy) is 3. The van der Waals surface area contributed by atoms with E-state index in [1.54, 1.807) is 13.2 Å². The van der Waals surface area contributed by atoms with Crippen LogP contribution in [-0.2, 0) is 38.2 Å². The SMILES string of the molecule is CC(C)=O.CCOC(=O)[C@]1(C)CC[C@]2(C)CC[C@]3(C)C4=CC=C5C(=CC(=O)C(O)=C5C)[C@]4(C)CC[C@@]3(C)[C@@H]2C1.CCOC(=O)[C@]1(C)CC[C@]2(C)CC[C@]3(C)C4=CC=C5C(=CC(=O)C(OC)=C5C)[C@]4(C)CC[C@@]3(C)[C@@H]2C1. The van der Waals surface area contributed by atoms with Gasteiger partial charge in [-0.2, -0.15) is 0 Å². The molecule has 1 N–H and O–H groups in total. The average Bonchev–Trinajstić information content (AvgIpc) is 3.35. The highest BCUT2D eigenvalue weighted by Gasteiger charge is 2.69. The molecule has 0 bridgehead atoms. The number of methoxy groups -OCH3 is 1. The predicted octanol–water partition coefficient (Wildman–Crippen LogP) is 15.0. The van der Waals surface area contributed by atoms with Gasteiger partial charge >= 0.3 is 11.9 Å². The summed E-state index contributed by atoms with van der Waals surface area (Å²) in [6.45, 7) is 35.4. The quantitative estimate of drug-likeness (QED) is 0.267. The Labute approximate surface area is 450 Å². The first-order valence-corrected chi connectivity index (χ1v) is 28.7. The Morgan fingerprint density at radius 1 is 0.547 bits per heavy atom. The maximum absolute atomic E-state index is 13.1. The Morgan fingerprint density at radius 2 is 0.920 bits per heavy atom. The van der Waals surface area contributed by atoms with Gasteiger partial charge in [-0.25, -0.2) is 0 Å². The Kier molecular flexibility index (Phi) is 14.2. The zero-order valence-electron chi connectivity index (χ0n) is 49.1. The van der Waals surface area contributed by atoms with Crippen molar-refractivity contribution >= 4 is 29.3 Å². The number of allylic oxidation sites excluding steroid dienone is 14. The molecule has 0 saturated heterocycles. The first-order valence-electron chi connectivity index (χ1n) is 28.7. The summed E-state index contributed by atoms with van der Waals surface area (Å²) < 4.78 is 16.6. The fourth-order valence-corrected chi connectivity index (χ4v) is 18.1. The van der Waals surface area contributed by atoms with Crippen molar-refractivity contribution < 1.29 is 43.3 Å². The molecule has 10 aliphatic carbocycles. The van der Waals surface area contributed by atoms with Crippen LogP contribution in [0.2, 0.25) is 0 Å². The van der Waals surface area contributed by atoms with Gasteiger partial charge in [0.2, 0.25) is 11.6 Å². The molecule has 0 radical (unpaired) electrons. The molecule has 0 amide bonds. The summed E-state index contributed by atoms with van der Waals surface area (Å²) in [4.78, 5) is 61.3.